The highest BCUT2D eigenvalue weighted by atomic mass is 33.1. The molecule has 0 saturated heterocycles. The van der Waals surface area contributed by atoms with Gasteiger partial charge in [0.1, 0.15) is 0 Å². The van der Waals surface area contributed by atoms with Crippen molar-refractivity contribution < 1.29 is 4.57 Å². The summed E-state index contributed by atoms with van der Waals surface area (Å²) in [5, 5.41) is 3.44. The average Bonchev–Trinajstić information content (AvgIpc) is 3.09. The van der Waals surface area contributed by atoms with Crippen molar-refractivity contribution in [2.24, 2.45) is 0 Å². The van der Waals surface area contributed by atoms with Gasteiger partial charge in [-0.25, -0.2) is 4.57 Å². The van der Waals surface area contributed by atoms with Gasteiger partial charge in [-0.2, -0.15) is 0 Å². The lowest BCUT2D eigenvalue weighted by molar-refractivity contribution is -0.696. The number of hydrogen-bond donors (Lipinski definition) is 1. The van der Waals surface area contributed by atoms with Crippen LogP contribution in [0.5, 0.6) is 0 Å². The van der Waals surface area contributed by atoms with E-state index in [0.29, 0.717) is 0 Å². The van der Waals surface area contributed by atoms with Crippen LogP contribution in [0, 0.1) is 0 Å². The van der Waals surface area contributed by atoms with E-state index in [1.807, 2.05) is 21.6 Å². The number of likely N-dealkylation sites (N-methyl/N-ethyl adjacent to an activating group) is 2. The second-order valence-corrected chi connectivity index (χ2v) is 15.3. The number of benzene rings is 1. The van der Waals surface area contributed by atoms with Crippen LogP contribution in [-0.2, 0) is 6.54 Å². The molecule has 0 fully saturated rings. The molecule has 260 valence electrons. The van der Waals surface area contributed by atoms with Crippen LogP contribution in [0.15, 0.2) is 108 Å². The fourth-order valence-electron chi connectivity index (χ4n) is 4.92. The molecule has 1 aromatic carbocycles. The van der Waals surface area contributed by atoms with E-state index in [9.17, 15) is 0 Å². The minimum Gasteiger partial charge on any atom is -0.390 e. The van der Waals surface area contributed by atoms with E-state index in [1.54, 1.807) is 0 Å². The van der Waals surface area contributed by atoms with E-state index in [0.717, 1.165) is 63.6 Å². The number of anilines is 1. The van der Waals surface area contributed by atoms with Crippen LogP contribution in [0.25, 0.3) is 12.2 Å². The lowest BCUT2D eigenvalue weighted by atomic mass is 10.0. The first kappa shape index (κ1) is 39.3. The fraction of sp³-hybridized carbons (Fsp3) is 0.425. The molecule has 1 aliphatic carbocycles. The molecule has 1 N–H and O–H groups in total. The Hall–Kier alpha value is -3.17. The quantitative estimate of drug-likeness (QED) is 0.0642. The molecule has 0 spiro atoms. The maximum absolute atomic E-state index is 3.44. The van der Waals surface area contributed by atoms with Gasteiger partial charge < -0.3 is 20.0 Å². The molecule has 0 aliphatic heterocycles. The highest BCUT2D eigenvalue weighted by Crippen LogP contribution is 2.22. The van der Waals surface area contributed by atoms with Crippen molar-refractivity contribution in [2.45, 2.75) is 26.3 Å². The second kappa shape index (κ2) is 22.5. The summed E-state index contributed by atoms with van der Waals surface area (Å²) < 4.78 is 2.28. The van der Waals surface area contributed by atoms with Crippen LogP contribution >= 0.6 is 21.6 Å². The molecular weight excluding hydrogens is 629 g/mol. The lowest BCUT2D eigenvalue weighted by Crippen LogP contribution is -2.39. The Kier molecular flexibility index (Phi) is 18.4. The van der Waals surface area contributed by atoms with Crippen molar-refractivity contribution in [1.82, 2.24) is 20.0 Å². The third-order valence-corrected chi connectivity index (χ3v) is 10.7. The van der Waals surface area contributed by atoms with E-state index in [4.69, 9.17) is 0 Å². The zero-order valence-corrected chi connectivity index (χ0v) is 32.1. The molecule has 1 aliphatic rings. The van der Waals surface area contributed by atoms with Gasteiger partial charge in [-0.1, -0.05) is 70.2 Å². The molecule has 0 bridgehead atoms. The summed E-state index contributed by atoms with van der Waals surface area (Å²) in [5.74, 6) is 2.29. The lowest BCUT2D eigenvalue weighted by Gasteiger charge is -2.20. The minimum atomic E-state index is 0.938. The molecule has 1 aromatic heterocycles. The standard InChI is InChI=1S/C40H59N6S2/c1-8-35(9-10-36-13-17-39(18-14-36)42(2)3)21-24-41-25-28-44(6)31-33-47-48-34-32-45(7)29-30-46-26-22-38(23-27-46)12-11-37-15-19-40(20-16-37)43(4)5/h8-15,17-19,21-24,26-27,41H,16,20,25,28-34H2,1-7H3/q+1/b10-9+,24-21-,35-8-. The van der Waals surface area contributed by atoms with Gasteiger partial charge in [0.15, 0.2) is 18.9 Å². The van der Waals surface area contributed by atoms with Gasteiger partial charge in [0, 0.05) is 89.4 Å². The zero-order chi connectivity index (χ0) is 34.6. The number of hydrogen-bond acceptors (Lipinski definition) is 7. The Morgan fingerprint density at radius 1 is 0.729 bits per heavy atom. The highest BCUT2D eigenvalue weighted by Gasteiger charge is 2.07. The SMILES string of the molecule is C/C=C(\C=C/NCCN(C)CCSSCCN(C)CC[n+]1ccc(/C=C/C2=CC=C(N(C)C)CC2)cc1)/C=C/c1ccc(N(C)C)cc1. The van der Waals surface area contributed by atoms with Crippen molar-refractivity contribution in [2.75, 3.05) is 91.4 Å². The Morgan fingerprint density at radius 2 is 1.40 bits per heavy atom. The van der Waals surface area contributed by atoms with Gasteiger partial charge >= 0.3 is 0 Å². The van der Waals surface area contributed by atoms with Crippen LogP contribution in [0.2, 0.25) is 0 Å². The first-order valence-electron chi connectivity index (χ1n) is 17.1. The molecule has 6 nitrogen and oxygen atoms in total. The predicted molar refractivity (Wildman–Crippen MR) is 215 cm³/mol. The van der Waals surface area contributed by atoms with Gasteiger partial charge in [0.2, 0.25) is 0 Å². The Labute approximate surface area is 300 Å². The summed E-state index contributed by atoms with van der Waals surface area (Å²) in [6.07, 6.45) is 26.2. The molecule has 3 rings (SSSR count). The van der Waals surface area contributed by atoms with Crippen molar-refractivity contribution in [3.05, 3.63) is 119 Å². The topological polar surface area (TPSA) is 28.9 Å². The van der Waals surface area contributed by atoms with Crippen molar-refractivity contribution >= 4 is 39.4 Å². The molecule has 48 heavy (non-hydrogen) atoms. The van der Waals surface area contributed by atoms with Crippen LogP contribution in [-0.4, -0.2) is 101 Å². The molecule has 0 radical (unpaired) electrons. The summed E-state index contributed by atoms with van der Waals surface area (Å²) in [4.78, 5) is 9.16. The monoisotopic (exact) mass is 687 g/mol. The fourth-order valence-corrected chi connectivity index (χ4v) is 7.08. The Balaban J connectivity index is 1.20. The van der Waals surface area contributed by atoms with Gasteiger partial charge in [-0.05, 0) is 86.6 Å². The number of aromatic nitrogens is 1. The third kappa shape index (κ3) is 15.8. The number of nitrogens with zero attached hydrogens (tertiary/aromatic N) is 5. The first-order chi connectivity index (χ1) is 23.2. The molecule has 8 heteroatoms. The van der Waals surface area contributed by atoms with Gasteiger partial charge in [0.05, 0.1) is 6.54 Å². The van der Waals surface area contributed by atoms with E-state index in [1.165, 1.54) is 33.7 Å². The van der Waals surface area contributed by atoms with Gasteiger partial charge in [-0.15, -0.1) is 0 Å². The van der Waals surface area contributed by atoms with Crippen molar-refractivity contribution in [3.63, 3.8) is 0 Å². The number of rotatable bonds is 21. The predicted octanol–water partition coefficient (Wildman–Crippen LogP) is 7.23. The largest absolute Gasteiger partial charge is 0.390 e. The third-order valence-electron chi connectivity index (χ3n) is 8.32. The summed E-state index contributed by atoms with van der Waals surface area (Å²) >= 11 is 0. The number of nitrogens with one attached hydrogen (secondary N) is 1. The van der Waals surface area contributed by atoms with Crippen molar-refractivity contribution in [1.29, 1.82) is 0 Å². The molecule has 0 saturated carbocycles. The zero-order valence-electron chi connectivity index (χ0n) is 30.4. The van der Waals surface area contributed by atoms with Crippen LogP contribution in [0.1, 0.15) is 30.9 Å². The first-order valence-corrected chi connectivity index (χ1v) is 19.6. The normalized spacial score (nSPS) is 14.1. The second-order valence-electron chi connectivity index (χ2n) is 12.6. The summed E-state index contributed by atoms with van der Waals surface area (Å²) in [7, 11) is 16.8. The maximum Gasteiger partial charge on any atom is 0.169 e. The summed E-state index contributed by atoms with van der Waals surface area (Å²) in [6, 6.07) is 13.0. The summed E-state index contributed by atoms with van der Waals surface area (Å²) in [5.41, 5.74) is 7.65. The van der Waals surface area contributed by atoms with E-state index in [-0.39, 0.29) is 0 Å². The highest BCUT2D eigenvalue weighted by molar-refractivity contribution is 8.76. The minimum absolute atomic E-state index is 0.938. The average molecular weight is 688 g/mol. The smallest absolute Gasteiger partial charge is 0.169 e. The van der Waals surface area contributed by atoms with E-state index >= 15 is 0 Å². The molecule has 1 heterocycles. The van der Waals surface area contributed by atoms with Crippen LogP contribution in [0.4, 0.5) is 5.69 Å². The molecule has 2 aromatic rings. The van der Waals surface area contributed by atoms with E-state index < -0.39 is 0 Å². The molecule has 0 unspecified atom stereocenters. The van der Waals surface area contributed by atoms with Crippen LogP contribution in [0.3, 0.4) is 0 Å². The van der Waals surface area contributed by atoms with Crippen LogP contribution < -0.4 is 14.8 Å². The number of pyridine rings is 1. The van der Waals surface area contributed by atoms with Gasteiger partial charge in [0.25, 0.3) is 0 Å². The summed E-state index contributed by atoms with van der Waals surface area (Å²) in [6.45, 7) is 8.31. The Morgan fingerprint density at radius 3 is 2.00 bits per heavy atom. The molecular formula is C40H59N6S2+. The number of allylic oxidation sites excluding steroid dienone is 9. The molecule has 0 atom stereocenters. The van der Waals surface area contributed by atoms with Crippen molar-refractivity contribution in [3.8, 4) is 0 Å². The Bertz CT molecular complexity index is 1390. The van der Waals surface area contributed by atoms with Gasteiger partial charge in [-0.3, -0.25) is 4.90 Å². The molecule has 0 amide bonds. The maximum atomic E-state index is 3.44. The van der Waals surface area contributed by atoms with E-state index in [2.05, 4.69) is 182 Å².